The lowest BCUT2D eigenvalue weighted by atomic mass is 10.2. The Morgan fingerprint density at radius 1 is 1.36 bits per heavy atom. The van der Waals surface area contributed by atoms with E-state index in [2.05, 4.69) is 10.6 Å². The van der Waals surface area contributed by atoms with Crippen LogP contribution < -0.4 is 10.6 Å². The summed E-state index contributed by atoms with van der Waals surface area (Å²) in [4.78, 5) is 0. The average molecular weight is 166 g/mol. The molecule has 64 valence electrons. The highest BCUT2D eigenvalue weighted by atomic mass is 19.4. The van der Waals surface area contributed by atoms with Crippen molar-refractivity contribution in [3.8, 4) is 0 Å². The molecule has 1 rings (SSSR count). The van der Waals surface area contributed by atoms with Crippen molar-refractivity contribution in [2.24, 2.45) is 0 Å². The molecule has 0 aromatic carbocycles. The molecule has 11 heavy (non-hydrogen) atoms. The summed E-state index contributed by atoms with van der Waals surface area (Å²) >= 11 is 0. The van der Waals surface area contributed by atoms with Gasteiger partial charge in [0.1, 0.15) is 0 Å². The van der Waals surface area contributed by atoms with Crippen LogP contribution in [0.1, 0.15) is 6.92 Å². The summed E-state index contributed by atoms with van der Waals surface area (Å²) in [5.41, 5.74) is 0. The smallest absolute Gasteiger partial charge is 0.369 e. The van der Waals surface area contributed by atoms with Crippen LogP contribution in [-0.4, -0.2) is 18.4 Å². The molecular formula is C6H9F3N2. The standard InChI is InChI=1S/C6H9F3N2/c1-4-2-3-10-5(11-4)6(7,8)9/h2-5,10-11H,1H3/t4?,5-/m1/s1. The number of halogens is 3. The fraction of sp³-hybridized carbons (Fsp3) is 0.667. The van der Waals surface area contributed by atoms with Crippen LogP contribution in [0.3, 0.4) is 0 Å². The quantitative estimate of drug-likeness (QED) is 0.560. The van der Waals surface area contributed by atoms with Crippen LogP contribution in [0, 0.1) is 0 Å². The Bertz CT molecular complexity index is 164. The monoisotopic (exact) mass is 166 g/mol. The zero-order valence-corrected chi connectivity index (χ0v) is 5.94. The maximum absolute atomic E-state index is 12.0. The molecule has 1 aliphatic heterocycles. The highest BCUT2D eigenvalue weighted by Gasteiger charge is 2.40. The summed E-state index contributed by atoms with van der Waals surface area (Å²) in [6, 6.07) is -0.233. The second kappa shape index (κ2) is 2.73. The van der Waals surface area contributed by atoms with Gasteiger partial charge < -0.3 is 5.32 Å². The first-order valence-corrected chi connectivity index (χ1v) is 3.25. The summed E-state index contributed by atoms with van der Waals surface area (Å²) in [5, 5.41) is 4.51. The van der Waals surface area contributed by atoms with Crippen molar-refractivity contribution in [3.05, 3.63) is 12.3 Å². The van der Waals surface area contributed by atoms with Gasteiger partial charge >= 0.3 is 6.18 Å². The van der Waals surface area contributed by atoms with Gasteiger partial charge in [-0.15, -0.1) is 0 Å². The van der Waals surface area contributed by atoms with Crippen molar-refractivity contribution in [2.75, 3.05) is 0 Å². The van der Waals surface area contributed by atoms with Gasteiger partial charge in [-0.05, 0) is 13.1 Å². The Balaban J connectivity index is 2.57. The molecule has 1 heterocycles. The number of alkyl halides is 3. The molecular weight excluding hydrogens is 157 g/mol. The second-order valence-corrected chi connectivity index (χ2v) is 2.46. The third-order valence-corrected chi connectivity index (χ3v) is 1.40. The molecule has 0 aliphatic carbocycles. The Morgan fingerprint density at radius 2 is 2.00 bits per heavy atom. The molecule has 0 fully saturated rings. The normalized spacial score (nSPS) is 31.6. The predicted octanol–water partition coefficient (Wildman–Crippen LogP) is 0.970. The number of rotatable bonds is 0. The van der Waals surface area contributed by atoms with Crippen molar-refractivity contribution >= 4 is 0 Å². The molecule has 0 bridgehead atoms. The maximum atomic E-state index is 12.0. The summed E-state index contributed by atoms with van der Waals surface area (Å²) < 4.78 is 35.9. The van der Waals surface area contributed by atoms with E-state index >= 15 is 0 Å². The first-order valence-electron chi connectivity index (χ1n) is 3.25. The third-order valence-electron chi connectivity index (χ3n) is 1.40. The molecule has 1 unspecified atom stereocenters. The van der Waals surface area contributed by atoms with Crippen molar-refractivity contribution in [1.82, 2.24) is 10.6 Å². The van der Waals surface area contributed by atoms with Gasteiger partial charge in [-0.3, -0.25) is 5.32 Å². The van der Waals surface area contributed by atoms with E-state index in [1.165, 1.54) is 6.20 Å². The molecule has 0 radical (unpaired) electrons. The minimum absolute atomic E-state index is 0.233. The fourth-order valence-electron chi connectivity index (χ4n) is 0.852. The highest BCUT2D eigenvalue weighted by Crippen LogP contribution is 2.19. The molecule has 0 saturated heterocycles. The Hall–Kier alpha value is -0.710. The van der Waals surface area contributed by atoms with E-state index in [0.29, 0.717) is 0 Å². The highest BCUT2D eigenvalue weighted by molar-refractivity contribution is 4.98. The van der Waals surface area contributed by atoms with E-state index in [0.717, 1.165) is 0 Å². The lowest BCUT2D eigenvalue weighted by molar-refractivity contribution is -0.162. The number of hydrogen-bond donors (Lipinski definition) is 2. The molecule has 1 aliphatic rings. The second-order valence-electron chi connectivity index (χ2n) is 2.46. The molecule has 2 atom stereocenters. The molecule has 0 aromatic rings. The SMILES string of the molecule is CC1C=CN[C@@H](C(F)(F)F)N1. The van der Waals surface area contributed by atoms with Gasteiger partial charge in [0, 0.05) is 6.04 Å². The maximum Gasteiger partial charge on any atom is 0.422 e. The molecule has 5 heteroatoms. The zero-order valence-electron chi connectivity index (χ0n) is 5.94. The van der Waals surface area contributed by atoms with Gasteiger partial charge in [0.2, 0.25) is 0 Å². The van der Waals surface area contributed by atoms with Gasteiger partial charge in [-0.2, -0.15) is 13.2 Å². The van der Waals surface area contributed by atoms with Gasteiger partial charge in [-0.1, -0.05) is 6.08 Å². The van der Waals surface area contributed by atoms with E-state index in [-0.39, 0.29) is 6.04 Å². The van der Waals surface area contributed by atoms with Gasteiger partial charge in [0.05, 0.1) is 0 Å². The number of nitrogens with one attached hydrogen (secondary N) is 2. The third kappa shape index (κ3) is 2.11. The van der Waals surface area contributed by atoms with Crippen LogP contribution in [0.15, 0.2) is 12.3 Å². The van der Waals surface area contributed by atoms with Crippen LogP contribution in [0.25, 0.3) is 0 Å². The average Bonchev–Trinajstić information content (AvgIpc) is 1.86. The van der Waals surface area contributed by atoms with Crippen molar-refractivity contribution < 1.29 is 13.2 Å². The van der Waals surface area contributed by atoms with Crippen molar-refractivity contribution in [3.63, 3.8) is 0 Å². The summed E-state index contributed by atoms with van der Waals surface area (Å²) in [5.74, 6) is 0. The molecule has 0 aromatic heterocycles. The zero-order chi connectivity index (χ0) is 8.48. The predicted molar refractivity (Wildman–Crippen MR) is 34.7 cm³/mol. The molecule has 0 saturated carbocycles. The Labute approximate surface area is 62.5 Å². The minimum atomic E-state index is -4.22. The van der Waals surface area contributed by atoms with E-state index in [1.54, 1.807) is 13.0 Å². The summed E-state index contributed by atoms with van der Waals surface area (Å²) in [6.07, 6.45) is -2.89. The molecule has 0 amide bonds. The van der Waals surface area contributed by atoms with Gasteiger partial charge in [0.15, 0.2) is 6.17 Å². The van der Waals surface area contributed by atoms with Crippen molar-refractivity contribution in [1.29, 1.82) is 0 Å². The first-order chi connectivity index (χ1) is 5.00. The number of hydrogen-bond acceptors (Lipinski definition) is 2. The van der Waals surface area contributed by atoms with Crippen LogP contribution in [0.5, 0.6) is 0 Å². The van der Waals surface area contributed by atoms with Crippen LogP contribution >= 0.6 is 0 Å². The van der Waals surface area contributed by atoms with Crippen LogP contribution in [0.4, 0.5) is 13.2 Å². The minimum Gasteiger partial charge on any atom is -0.369 e. The largest absolute Gasteiger partial charge is 0.422 e. The van der Waals surface area contributed by atoms with E-state index < -0.39 is 12.3 Å². The van der Waals surface area contributed by atoms with Gasteiger partial charge in [-0.25, -0.2) is 0 Å². The van der Waals surface area contributed by atoms with Crippen molar-refractivity contribution in [2.45, 2.75) is 25.3 Å². The van der Waals surface area contributed by atoms with Crippen LogP contribution in [-0.2, 0) is 0 Å². The molecule has 0 spiro atoms. The van der Waals surface area contributed by atoms with Crippen LogP contribution in [0.2, 0.25) is 0 Å². The van der Waals surface area contributed by atoms with E-state index in [1.807, 2.05) is 0 Å². The van der Waals surface area contributed by atoms with E-state index in [4.69, 9.17) is 0 Å². The topological polar surface area (TPSA) is 24.1 Å². The first kappa shape index (κ1) is 8.39. The lowest BCUT2D eigenvalue weighted by Gasteiger charge is -2.27. The molecule has 2 N–H and O–H groups in total. The molecule has 2 nitrogen and oxygen atoms in total. The summed E-state index contributed by atoms with van der Waals surface area (Å²) in [7, 11) is 0. The lowest BCUT2D eigenvalue weighted by Crippen LogP contribution is -2.55. The van der Waals surface area contributed by atoms with E-state index in [9.17, 15) is 13.2 Å². The summed E-state index contributed by atoms with van der Waals surface area (Å²) in [6.45, 7) is 1.66. The Morgan fingerprint density at radius 3 is 2.36 bits per heavy atom. The Kier molecular flexibility index (Phi) is 2.08. The van der Waals surface area contributed by atoms with Gasteiger partial charge in [0.25, 0.3) is 0 Å². The fourth-order valence-corrected chi connectivity index (χ4v) is 0.852.